The van der Waals surface area contributed by atoms with Gasteiger partial charge in [0, 0.05) is 10.6 Å². The average Bonchev–Trinajstić information content (AvgIpc) is 3.18. The zero-order valence-corrected chi connectivity index (χ0v) is 21.3. The lowest BCUT2D eigenvalue weighted by molar-refractivity contribution is -0.111. The van der Waals surface area contributed by atoms with Gasteiger partial charge < -0.3 is 10.1 Å². The highest BCUT2D eigenvalue weighted by Gasteiger charge is 2.18. The van der Waals surface area contributed by atoms with E-state index in [1.54, 1.807) is 42.5 Å². The average molecular weight is 536 g/mol. The smallest absolute Gasteiger partial charge is 0.273 e. The van der Waals surface area contributed by atoms with Crippen LogP contribution in [0, 0.1) is 11.3 Å². The number of aromatic nitrogens is 1. The fourth-order valence-corrected chi connectivity index (χ4v) is 5.01. The predicted molar refractivity (Wildman–Crippen MR) is 144 cm³/mol. The first-order valence-electron chi connectivity index (χ1n) is 10.8. The Hall–Kier alpha value is -3.83. The van der Waals surface area contributed by atoms with Crippen molar-refractivity contribution in [3.8, 4) is 17.5 Å². The lowest BCUT2D eigenvalue weighted by Gasteiger charge is -2.07. The third-order valence-corrected chi connectivity index (χ3v) is 6.72. The molecule has 0 aliphatic heterocycles. The molecule has 1 amide bonds. The molecule has 0 spiro atoms. The molecule has 9 heteroatoms. The van der Waals surface area contributed by atoms with Crippen molar-refractivity contribution in [1.29, 1.82) is 5.26 Å². The summed E-state index contributed by atoms with van der Waals surface area (Å²) in [5.74, 6) is -0.0749. The molecule has 6 nitrogen and oxygen atoms in total. The summed E-state index contributed by atoms with van der Waals surface area (Å²) in [5.41, 5.74) is 0.931. The van der Waals surface area contributed by atoms with E-state index in [1.807, 2.05) is 43.3 Å². The minimum atomic E-state index is -0.700. The van der Waals surface area contributed by atoms with Crippen LogP contribution in [-0.2, 0) is 4.79 Å². The van der Waals surface area contributed by atoms with Gasteiger partial charge in [-0.3, -0.25) is 14.2 Å². The lowest BCUT2D eigenvalue weighted by Crippen LogP contribution is -2.32. The Balaban J connectivity index is 1.95. The summed E-state index contributed by atoms with van der Waals surface area (Å²) in [6.07, 6.45) is 1.70. The molecule has 0 unspecified atom stereocenters. The van der Waals surface area contributed by atoms with Crippen molar-refractivity contribution in [2.24, 2.45) is 0 Å². The molecule has 4 aromatic rings. The number of hydrogen-bond donors (Lipinski definition) is 1. The largest absolute Gasteiger partial charge is 0.493 e. The van der Waals surface area contributed by atoms with Gasteiger partial charge >= 0.3 is 0 Å². The van der Waals surface area contributed by atoms with Crippen LogP contribution < -0.4 is 24.8 Å². The Labute approximate surface area is 220 Å². The zero-order chi connectivity index (χ0) is 25.7. The van der Waals surface area contributed by atoms with Gasteiger partial charge in [-0.25, -0.2) is 0 Å². The highest BCUT2D eigenvalue weighted by Crippen LogP contribution is 2.25. The Morgan fingerprint density at radius 2 is 1.83 bits per heavy atom. The van der Waals surface area contributed by atoms with Crippen LogP contribution in [-0.4, -0.2) is 17.1 Å². The summed E-state index contributed by atoms with van der Waals surface area (Å²) in [7, 11) is 0. The molecule has 0 saturated heterocycles. The summed E-state index contributed by atoms with van der Waals surface area (Å²) in [6, 6.07) is 22.7. The fraction of sp³-hybridized carbons (Fsp3) is 0.0741. The second kappa shape index (κ2) is 11.3. The molecular formula is C27H19Cl2N3O3S. The maximum Gasteiger partial charge on any atom is 0.273 e. The highest BCUT2D eigenvalue weighted by atomic mass is 35.5. The minimum absolute atomic E-state index is 0.191. The number of nitrogens with zero attached hydrogens (tertiary/aromatic N) is 2. The number of carbonyl (C=O) groups excluding carboxylic acids is 1. The molecule has 1 N–H and O–H groups in total. The van der Waals surface area contributed by atoms with E-state index in [-0.39, 0.29) is 20.8 Å². The third-order valence-electron chi connectivity index (χ3n) is 5.08. The molecule has 1 aromatic heterocycles. The van der Waals surface area contributed by atoms with Crippen LogP contribution in [0.25, 0.3) is 17.3 Å². The molecule has 0 bridgehead atoms. The van der Waals surface area contributed by atoms with Crippen LogP contribution >= 0.6 is 34.5 Å². The minimum Gasteiger partial charge on any atom is -0.493 e. The maximum atomic E-state index is 13.6. The van der Waals surface area contributed by atoms with Crippen LogP contribution in [0.15, 0.2) is 77.6 Å². The topological polar surface area (TPSA) is 84.1 Å². The first-order chi connectivity index (χ1) is 17.4. The van der Waals surface area contributed by atoms with Gasteiger partial charge in [-0.15, -0.1) is 11.3 Å². The Bertz CT molecular complexity index is 1650. The fourth-order valence-electron chi connectivity index (χ4n) is 3.46. The van der Waals surface area contributed by atoms with E-state index in [0.717, 1.165) is 11.3 Å². The first-order valence-corrected chi connectivity index (χ1v) is 12.4. The van der Waals surface area contributed by atoms with Crippen LogP contribution in [0.3, 0.4) is 0 Å². The molecule has 3 aromatic carbocycles. The SMILES string of the molecule is CCOc1ccccc1C=c1sc(=C(C#N)C(=O)Nc2ccc(Cl)cc2Cl)n(-c2ccccc2)c1=O. The summed E-state index contributed by atoms with van der Waals surface area (Å²) >= 11 is 13.2. The van der Waals surface area contributed by atoms with E-state index in [1.165, 1.54) is 10.6 Å². The Morgan fingerprint density at radius 3 is 2.53 bits per heavy atom. The zero-order valence-electron chi connectivity index (χ0n) is 19.0. The lowest BCUT2D eigenvalue weighted by atomic mass is 10.2. The van der Waals surface area contributed by atoms with Gasteiger partial charge in [-0.2, -0.15) is 5.26 Å². The first kappa shape index (κ1) is 25.3. The van der Waals surface area contributed by atoms with Crippen LogP contribution in [0.2, 0.25) is 10.0 Å². The number of para-hydroxylation sites is 2. The molecule has 0 atom stereocenters. The van der Waals surface area contributed by atoms with Crippen molar-refractivity contribution in [3.63, 3.8) is 0 Å². The van der Waals surface area contributed by atoms with Gasteiger partial charge in [0.1, 0.15) is 16.5 Å². The molecule has 4 rings (SSSR count). The van der Waals surface area contributed by atoms with Crippen molar-refractivity contribution in [3.05, 3.63) is 108 Å². The molecule has 36 heavy (non-hydrogen) atoms. The van der Waals surface area contributed by atoms with Gasteiger partial charge in [0.2, 0.25) is 0 Å². The molecule has 0 aliphatic carbocycles. The maximum absolute atomic E-state index is 13.6. The number of carbonyl (C=O) groups is 1. The Kier molecular flexibility index (Phi) is 7.91. The number of thiazole rings is 1. The monoisotopic (exact) mass is 535 g/mol. The highest BCUT2D eigenvalue weighted by molar-refractivity contribution is 7.07. The summed E-state index contributed by atoms with van der Waals surface area (Å²) in [5, 5.41) is 13.2. The molecular weight excluding hydrogens is 517 g/mol. The van der Waals surface area contributed by atoms with Gasteiger partial charge in [-0.05, 0) is 49.4 Å². The molecule has 180 valence electrons. The number of benzene rings is 3. The molecule has 0 radical (unpaired) electrons. The summed E-state index contributed by atoms with van der Waals surface area (Å²) in [6.45, 7) is 2.34. The van der Waals surface area contributed by atoms with Crippen LogP contribution in [0.5, 0.6) is 5.75 Å². The van der Waals surface area contributed by atoms with E-state index in [9.17, 15) is 14.9 Å². The second-order valence-corrected chi connectivity index (χ2v) is 9.30. The van der Waals surface area contributed by atoms with E-state index >= 15 is 0 Å². The molecule has 0 aliphatic rings. The molecule has 1 heterocycles. The number of nitriles is 1. The number of hydrogen-bond acceptors (Lipinski definition) is 5. The van der Waals surface area contributed by atoms with Crippen LogP contribution in [0.4, 0.5) is 5.69 Å². The van der Waals surface area contributed by atoms with Gasteiger partial charge in [0.05, 0.1) is 27.5 Å². The number of halogens is 2. The van der Waals surface area contributed by atoms with Crippen molar-refractivity contribution < 1.29 is 9.53 Å². The van der Waals surface area contributed by atoms with E-state index < -0.39 is 5.91 Å². The van der Waals surface area contributed by atoms with Gasteiger partial charge in [0.25, 0.3) is 11.5 Å². The van der Waals surface area contributed by atoms with E-state index in [4.69, 9.17) is 27.9 Å². The van der Waals surface area contributed by atoms with Gasteiger partial charge in [-0.1, -0.05) is 59.6 Å². The molecule has 0 saturated carbocycles. The van der Waals surface area contributed by atoms with Gasteiger partial charge in [0.15, 0.2) is 5.57 Å². The van der Waals surface area contributed by atoms with Crippen LogP contribution in [0.1, 0.15) is 12.5 Å². The predicted octanol–water partition coefficient (Wildman–Crippen LogP) is 4.75. The third kappa shape index (κ3) is 5.37. The Morgan fingerprint density at radius 1 is 1.11 bits per heavy atom. The standard InChI is InChI=1S/C27H19Cl2N3O3S/c1-2-35-23-11-7-6-8-17(23)14-24-26(34)32(19-9-4-3-5-10-19)27(36-24)20(16-30)25(33)31-22-13-12-18(28)15-21(22)29/h3-15H,2H2,1H3,(H,31,33). The number of amides is 1. The normalized spacial score (nSPS) is 12.1. The number of ether oxygens (including phenoxy) is 1. The van der Waals surface area contributed by atoms with E-state index in [2.05, 4.69) is 5.32 Å². The van der Waals surface area contributed by atoms with Crippen molar-refractivity contribution in [2.75, 3.05) is 11.9 Å². The van der Waals surface area contributed by atoms with E-state index in [0.29, 0.717) is 38.8 Å². The number of nitrogens with one attached hydrogen (secondary N) is 1. The van der Waals surface area contributed by atoms with Crippen molar-refractivity contribution in [2.45, 2.75) is 6.92 Å². The van der Waals surface area contributed by atoms with Crippen molar-refractivity contribution in [1.82, 2.24) is 4.57 Å². The second-order valence-electron chi connectivity index (χ2n) is 7.43. The summed E-state index contributed by atoms with van der Waals surface area (Å²) < 4.78 is 7.58. The summed E-state index contributed by atoms with van der Waals surface area (Å²) in [4.78, 5) is 26.7. The number of rotatable bonds is 6. The quantitative estimate of drug-likeness (QED) is 0.386. The number of anilines is 1. The molecule has 0 fully saturated rings. The van der Waals surface area contributed by atoms with Crippen molar-refractivity contribution >= 4 is 57.8 Å².